The zero-order valence-electron chi connectivity index (χ0n) is 16.5. The standard InChI is InChI=1S/C23H17ClN4O3/c1-23(17-8-6-14-4-2-3-5-15(14)10-17)21(30)28(22(31)27-23)13-20(29)26-18-9-7-16(12-25)19(24)11-18/h2-11H,13H2,1H3,(H,26,29)(H,27,31)/t23-/m1/s1. The molecule has 1 fully saturated rings. The van der Waals surface area contributed by atoms with Crippen LogP contribution in [0.1, 0.15) is 18.1 Å². The van der Waals surface area contributed by atoms with Crippen molar-refractivity contribution in [3.63, 3.8) is 0 Å². The second kappa shape index (κ2) is 7.74. The molecule has 1 atom stereocenters. The molecule has 0 saturated carbocycles. The minimum absolute atomic E-state index is 0.194. The molecule has 3 aromatic rings. The fraction of sp³-hybridized carbons (Fsp3) is 0.130. The molecule has 7 nitrogen and oxygen atoms in total. The van der Waals surface area contributed by atoms with Crippen LogP contribution in [0.25, 0.3) is 10.8 Å². The van der Waals surface area contributed by atoms with E-state index in [0.29, 0.717) is 11.3 Å². The molecular weight excluding hydrogens is 416 g/mol. The van der Waals surface area contributed by atoms with Crippen molar-refractivity contribution < 1.29 is 14.4 Å². The third-order valence-corrected chi connectivity index (χ3v) is 5.59. The van der Waals surface area contributed by atoms with E-state index in [-0.39, 0.29) is 10.6 Å². The van der Waals surface area contributed by atoms with Gasteiger partial charge in [-0.05, 0) is 47.5 Å². The van der Waals surface area contributed by atoms with Crippen molar-refractivity contribution >= 4 is 45.9 Å². The lowest BCUT2D eigenvalue weighted by Gasteiger charge is -2.22. The molecule has 0 aliphatic carbocycles. The molecule has 8 heteroatoms. The number of carbonyl (C=O) groups is 3. The molecule has 0 bridgehead atoms. The number of rotatable bonds is 4. The van der Waals surface area contributed by atoms with Gasteiger partial charge in [-0.25, -0.2) is 4.79 Å². The maximum atomic E-state index is 13.1. The van der Waals surface area contributed by atoms with E-state index < -0.39 is 29.9 Å². The quantitative estimate of drug-likeness (QED) is 0.612. The minimum Gasteiger partial charge on any atom is -0.324 e. The molecule has 1 aliphatic rings. The molecule has 3 aromatic carbocycles. The Labute approximate surface area is 183 Å². The Balaban J connectivity index is 1.53. The second-order valence-electron chi connectivity index (χ2n) is 7.36. The first-order valence-electron chi connectivity index (χ1n) is 9.45. The highest BCUT2D eigenvalue weighted by atomic mass is 35.5. The molecule has 1 saturated heterocycles. The van der Waals surface area contributed by atoms with Crippen LogP contribution in [0, 0.1) is 11.3 Å². The molecular formula is C23H17ClN4O3. The van der Waals surface area contributed by atoms with E-state index >= 15 is 0 Å². The summed E-state index contributed by atoms with van der Waals surface area (Å²) in [7, 11) is 0. The van der Waals surface area contributed by atoms with Gasteiger partial charge >= 0.3 is 6.03 Å². The monoisotopic (exact) mass is 432 g/mol. The zero-order valence-corrected chi connectivity index (χ0v) is 17.2. The average Bonchev–Trinajstić information content (AvgIpc) is 2.97. The molecule has 0 spiro atoms. The lowest BCUT2D eigenvalue weighted by atomic mass is 9.90. The Morgan fingerprint density at radius 2 is 1.87 bits per heavy atom. The SMILES string of the molecule is C[C@]1(c2ccc3ccccc3c2)NC(=O)N(CC(=O)Nc2ccc(C#N)c(Cl)c2)C1=O. The van der Waals surface area contributed by atoms with Gasteiger partial charge in [0.2, 0.25) is 5.91 Å². The van der Waals surface area contributed by atoms with Gasteiger partial charge in [0.05, 0.1) is 10.6 Å². The summed E-state index contributed by atoms with van der Waals surface area (Å²) in [5, 5.41) is 16.4. The number of anilines is 1. The number of nitriles is 1. The number of amides is 4. The summed E-state index contributed by atoms with van der Waals surface area (Å²) in [6, 6.07) is 19.0. The predicted octanol–water partition coefficient (Wildman–Crippen LogP) is 3.77. The maximum Gasteiger partial charge on any atom is 0.325 e. The van der Waals surface area contributed by atoms with Crippen molar-refractivity contribution in [3.8, 4) is 6.07 Å². The average molecular weight is 433 g/mol. The number of benzene rings is 3. The molecule has 1 heterocycles. The second-order valence-corrected chi connectivity index (χ2v) is 7.77. The van der Waals surface area contributed by atoms with Gasteiger partial charge in [-0.15, -0.1) is 0 Å². The van der Waals surface area contributed by atoms with Gasteiger partial charge in [0, 0.05) is 5.69 Å². The summed E-state index contributed by atoms with van der Waals surface area (Å²) < 4.78 is 0. The van der Waals surface area contributed by atoms with Crippen molar-refractivity contribution in [3.05, 3.63) is 76.8 Å². The Kier molecular flexibility index (Phi) is 5.09. The number of imide groups is 1. The summed E-state index contributed by atoms with van der Waals surface area (Å²) in [6.45, 7) is 1.17. The van der Waals surface area contributed by atoms with Crippen LogP contribution < -0.4 is 10.6 Å². The normalized spacial score (nSPS) is 18.0. The Morgan fingerprint density at radius 3 is 2.58 bits per heavy atom. The van der Waals surface area contributed by atoms with Crippen molar-refractivity contribution in [2.24, 2.45) is 0 Å². The smallest absolute Gasteiger partial charge is 0.324 e. The largest absolute Gasteiger partial charge is 0.325 e. The highest BCUT2D eigenvalue weighted by molar-refractivity contribution is 6.32. The van der Waals surface area contributed by atoms with Crippen LogP contribution in [0.15, 0.2) is 60.7 Å². The molecule has 1 aliphatic heterocycles. The Morgan fingerprint density at radius 1 is 1.13 bits per heavy atom. The van der Waals surface area contributed by atoms with E-state index in [9.17, 15) is 14.4 Å². The molecule has 2 N–H and O–H groups in total. The molecule has 154 valence electrons. The van der Waals surface area contributed by atoms with Crippen LogP contribution in [0.2, 0.25) is 5.02 Å². The number of nitrogens with one attached hydrogen (secondary N) is 2. The van der Waals surface area contributed by atoms with Crippen LogP contribution in [0.5, 0.6) is 0 Å². The number of hydrogen-bond donors (Lipinski definition) is 2. The van der Waals surface area contributed by atoms with E-state index in [2.05, 4.69) is 10.6 Å². The van der Waals surface area contributed by atoms with E-state index in [1.165, 1.54) is 18.2 Å². The van der Waals surface area contributed by atoms with Gasteiger partial charge in [-0.1, -0.05) is 48.0 Å². The number of urea groups is 1. The topological polar surface area (TPSA) is 102 Å². The number of hydrogen-bond acceptors (Lipinski definition) is 4. The first-order valence-corrected chi connectivity index (χ1v) is 9.82. The van der Waals surface area contributed by atoms with Crippen LogP contribution in [-0.2, 0) is 15.1 Å². The van der Waals surface area contributed by atoms with Crippen LogP contribution in [0.4, 0.5) is 10.5 Å². The Hall–Kier alpha value is -3.89. The minimum atomic E-state index is -1.28. The van der Waals surface area contributed by atoms with Crippen LogP contribution in [-0.4, -0.2) is 29.3 Å². The van der Waals surface area contributed by atoms with E-state index in [1.54, 1.807) is 13.0 Å². The van der Waals surface area contributed by atoms with Gasteiger partial charge in [0.25, 0.3) is 5.91 Å². The van der Waals surface area contributed by atoms with Gasteiger partial charge in [-0.2, -0.15) is 5.26 Å². The molecule has 0 unspecified atom stereocenters. The van der Waals surface area contributed by atoms with E-state index in [0.717, 1.165) is 15.7 Å². The summed E-state index contributed by atoms with van der Waals surface area (Å²) in [5.74, 6) is -1.08. The van der Waals surface area contributed by atoms with Crippen LogP contribution >= 0.6 is 11.6 Å². The molecule has 31 heavy (non-hydrogen) atoms. The van der Waals surface area contributed by atoms with Crippen molar-refractivity contribution in [1.82, 2.24) is 10.2 Å². The summed E-state index contributed by atoms with van der Waals surface area (Å²) >= 11 is 5.97. The van der Waals surface area contributed by atoms with Gasteiger partial charge < -0.3 is 10.6 Å². The zero-order chi connectivity index (χ0) is 22.2. The fourth-order valence-corrected chi connectivity index (χ4v) is 3.79. The summed E-state index contributed by atoms with van der Waals surface area (Å²) in [6.07, 6.45) is 0. The molecule has 0 aromatic heterocycles. The highest BCUT2D eigenvalue weighted by Gasteiger charge is 2.49. The first kappa shape index (κ1) is 20.4. The van der Waals surface area contributed by atoms with Crippen molar-refractivity contribution in [2.45, 2.75) is 12.5 Å². The number of halogens is 1. The molecule has 0 radical (unpaired) electrons. The third kappa shape index (κ3) is 3.69. The third-order valence-electron chi connectivity index (χ3n) is 5.28. The first-order chi connectivity index (χ1) is 14.8. The number of carbonyl (C=O) groups excluding carboxylic acids is 3. The van der Waals surface area contributed by atoms with E-state index in [1.807, 2.05) is 42.5 Å². The number of nitrogens with zero attached hydrogens (tertiary/aromatic N) is 2. The van der Waals surface area contributed by atoms with Crippen LogP contribution in [0.3, 0.4) is 0 Å². The lowest BCUT2D eigenvalue weighted by molar-refractivity contribution is -0.133. The summed E-state index contributed by atoms with van der Waals surface area (Å²) in [4.78, 5) is 39.0. The Bertz CT molecular complexity index is 1280. The van der Waals surface area contributed by atoms with Gasteiger partial charge in [-0.3, -0.25) is 14.5 Å². The lowest BCUT2D eigenvalue weighted by Crippen LogP contribution is -2.42. The van der Waals surface area contributed by atoms with E-state index in [4.69, 9.17) is 16.9 Å². The van der Waals surface area contributed by atoms with Crippen molar-refractivity contribution in [1.29, 1.82) is 5.26 Å². The van der Waals surface area contributed by atoms with Gasteiger partial charge in [0.15, 0.2) is 0 Å². The summed E-state index contributed by atoms with van der Waals surface area (Å²) in [5.41, 5.74) is -0.0105. The molecule has 4 amide bonds. The molecule has 4 rings (SSSR count). The fourth-order valence-electron chi connectivity index (χ4n) is 3.56. The maximum absolute atomic E-state index is 13.1. The predicted molar refractivity (Wildman–Crippen MR) is 116 cm³/mol. The number of fused-ring (bicyclic) bond motifs is 1. The highest BCUT2D eigenvalue weighted by Crippen LogP contribution is 2.31. The van der Waals surface area contributed by atoms with Crippen molar-refractivity contribution in [2.75, 3.05) is 11.9 Å². The van der Waals surface area contributed by atoms with Gasteiger partial charge in [0.1, 0.15) is 18.2 Å².